The van der Waals surface area contributed by atoms with Crippen molar-refractivity contribution >= 4 is 5.97 Å². The number of hydrogen-bond acceptors (Lipinski definition) is 6. The van der Waals surface area contributed by atoms with Gasteiger partial charge in [0.1, 0.15) is 0 Å². The third-order valence-electron chi connectivity index (χ3n) is 5.59. The van der Waals surface area contributed by atoms with Crippen molar-refractivity contribution in [3.8, 4) is 11.4 Å². The molecule has 0 spiro atoms. The van der Waals surface area contributed by atoms with E-state index < -0.39 is 11.4 Å². The summed E-state index contributed by atoms with van der Waals surface area (Å²) < 4.78 is 5.43. The lowest BCUT2D eigenvalue weighted by Crippen LogP contribution is -2.36. The lowest BCUT2D eigenvalue weighted by atomic mass is 9.81. The van der Waals surface area contributed by atoms with Crippen molar-refractivity contribution in [2.45, 2.75) is 32.2 Å². The maximum atomic E-state index is 11.8. The normalized spacial score (nSPS) is 28.0. The summed E-state index contributed by atoms with van der Waals surface area (Å²) in [4.78, 5) is 22.5. The van der Waals surface area contributed by atoms with E-state index in [0.717, 1.165) is 31.4 Å². The van der Waals surface area contributed by atoms with Crippen molar-refractivity contribution in [3.63, 3.8) is 0 Å². The second-order valence-corrected chi connectivity index (χ2v) is 6.85. The summed E-state index contributed by atoms with van der Waals surface area (Å²) >= 11 is 0. The lowest BCUT2D eigenvalue weighted by molar-refractivity contribution is -0.149. The topological polar surface area (TPSA) is 92.4 Å². The summed E-state index contributed by atoms with van der Waals surface area (Å²) in [5.41, 5.74) is 0.209. The summed E-state index contributed by atoms with van der Waals surface area (Å²) in [6.07, 6.45) is 6.15. The van der Waals surface area contributed by atoms with Crippen molar-refractivity contribution in [2.75, 3.05) is 13.1 Å². The summed E-state index contributed by atoms with van der Waals surface area (Å²) in [5.74, 6) is 0.589. The maximum absolute atomic E-state index is 11.8. The number of carbonyl (C=O) groups is 1. The zero-order valence-corrected chi connectivity index (χ0v) is 13.6. The van der Waals surface area contributed by atoms with Crippen LogP contribution >= 0.6 is 0 Å². The molecule has 0 amide bonds. The number of aliphatic carboxylic acids is 1. The monoisotopic (exact) mass is 328 g/mol. The number of rotatable bonds is 4. The number of aromatic nitrogens is 3. The molecule has 2 fully saturated rings. The predicted octanol–water partition coefficient (Wildman–Crippen LogP) is 2.38. The fourth-order valence-corrected chi connectivity index (χ4v) is 4.15. The van der Waals surface area contributed by atoms with E-state index in [0.29, 0.717) is 18.3 Å². The predicted molar refractivity (Wildman–Crippen MR) is 84.9 cm³/mol. The molecule has 7 heteroatoms. The number of carboxylic acid groups (broad SMARTS) is 1. The molecule has 2 aliphatic rings. The van der Waals surface area contributed by atoms with Gasteiger partial charge in [-0.1, -0.05) is 11.6 Å². The van der Waals surface area contributed by atoms with Crippen LogP contribution < -0.4 is 0 Å². The molecule has 2 aromatic rings. The molecule has 126 valence electrons. The molecule has 3 heterocycles. The second-order valence-electron chi connectivity index (χ2n) is 6.85. The van der Waals surface area contributed by atoms with Gasteiger partial charge in [0, 0.05) is 31.0 Å². The van der Waals surface area contributed by atoms with Crippen molar-refractivity contribution < 1.29 is 14.4 Å². The first kappa shape index (κ1) is 15.3. The van der Waals surface area contributed by atoms with E-state index in [1.807, 2.05) is 19.1 Å². The average Bonchev–Trinajstić information content (AvgIpc) is 3.29. The van der Waals surface area contributed by atoms with Crippen LogP contribution in [0.1, 0.15) is 38.1 Å². The Kier molecular flexibility index (Phi) is 3.60. The van der Waals surface area contributed by atoms with E-state index in [1.165, 1.54) is 0 Å². The van der Waals surface area contributed by atoms with E-state index in [1.54, 1.807) is 12.4 Å². The number of likely N-dealkylation sites (tertiary alicyclic amines) is 1. The minimum absolute atomic E-state index is 0.0928. The van der Waals surface area contributed by atoms with E-state index in [4.69, 9.17) is 4.52 Å². The highest BCUT2D eigenvalue weighted by molar-refractivity contribution is 5.76. The van der Waals surface area contributed by atoms with Gasteiger partial charge in [0.25, 0.3) is 0 Å². The Bertz CT molecular complexity index is 747. The van der Waals surface area contributed by atoms with Crippen LogP contribution in [0.25, 0.3) is 11.4 Å². The molecular formula is C17H20N4O3. The molecular weight excluding hydrogens is 308 g/mol. The Morgan fingerprint density at radius 1 is 1.54 bits per heavy atom. The summed E-state index contributed by atoms with van der Waals surface area (Å²) in [6.45, 7) is 3.33. The molecule has 2 aromatic heterocycles. The Balaban J connectivity index is 1.54. The summed E-state index contributed by atoms with van der Waals surface area (Å²) in [7, 11) is 0. The van der Waals surface area contributed by atoms with Gasteiger partial charge in [0.15, 0.2) is 0 Å². The number of fused-ring (bicyclic) bond motifs is 1. The zero-order valence-electron chi connectivity index (χ0n) is 13.6. The van der Waals surface area contributed by atoms with Crippen LogP contribution in [0.4, 0.5) is 0 Å². The molecule has 7 nitrogen and oxygen atoms in total. The van der Waals surface area contributed by atoms with Crippen molar-refractivity contribution in [3.05, 3.63) is 30.4 Å². The number of pyridine rings is 1. The molecule has 1 saturated heterocycles. The molecule has 4 rings (SSSR count). The highest BCUT2D eigenvalue weighted by Gasteiger charge is 2.55. The van der Waals surface area contributed by atoms with Crippen LogP contribution in [-0.2, 0) is 4.79 Å². The molecule has 1 aliphatic carbocycles. The van der Waals surface area contributed by atoms with Gasteiger partial charge in [-0.15, -0.1) is 0 Å². The molecule has 1 unspecified atom stereocenters. The van der Waals surface area contributed by atoms with Crippen molar-refractivity contribution in [1.82, 2.24) is 20.0 Å². The third-order valence-corrected chi connectivity index (χ3v) is 5.59. The number of hydrogen-bond donors (Lipinski definition) is 1. The minimum atomic E-state index is -0.665. The maximum Gasteiger partial charge on any atom is 0.311 e. The van der Waals surface area contributed by atoms with Crippen LogP contribution in [0.5, 0.6) is 0 Å². The lowest BCUT2D eigenvalue weighted by Gasteiger charge is -2.25. The van der Waals surface area contributed by atoms with Crippen LogP contribution in [0.15, 0.2) is 29.0 Å². The first-order valence-corrected chi connectivity index (χ1v) is 8.31. The van der Waals surface area contributed by atoms with Gasteiger partial charge in [-0.05, 0) is 37.8 Å². The van der Waals surface area contributed by atoms with Crippen LogP contribution in [0.3, 0.4) is 0 Å². The standard InChI is InChI=1S/C17H20N4O3/c1-11(15-19-14(20-24-15)12-4-3-7-18-8-12)21-9-13-5-2-6-17(13,10-21)16(22)23/h3-4,7-8,11,13H,2,5-6,9-10H2,1H3,(H,22,23)/t11?,13-,17+/m0/s1. The highest BCUT2D eigenvalue weighted by atomic mass is 16.5. The van der Waals surface area contributed by atoms with Gasteiger partial charge in [-0.25, -0.2) is 0 Å². The third kappa shape index (κ3) is 2.31. The molecule has 0 bridgehead atoms. The Hall–Kier alpha value is -2.28. The van der Waals surface area contributed by atoms with E-state index in [-0.39, 0.29) is 12.0 Å². The van der Waals surface area contributed by atoms with Crippen molar-refractivity contribution in [2.24, 2.45) is 11.3 Å². The quantitative estimate of drug-likeness (QED) is 0.921. The van der Waals surface area contributed by atoms with Gasteiger partial charge in [-0.3, -0.25) is 14.7 Å². The van der Waals surface area contributed by atoms with E-state index in [2.05, 4.69) is 20.0 Å². The average molecular weight is 328 g/mol. The Morgan fingerprint density at radius 3 is 3.12 bits per heavy atom. The minimum Gasteiger partial charge on any atom is -0.481 e. The molecule has 1 N–H and O–H groups in total. The number of nitrogens with zero attached hydrogens (tertiary/aromatic N) is 4. The molecule has 1 aliphatic heterocycles. The molecule has 3 atom stereocenters. The summed E-state index contributed by atoms with van der Waals surface area (Å²) in [6, 6.07) is 3.61. The van der Waals surface area contributed by atoms with Gasteiger partial charge >= 0.3 is 5.97 Å². The fourth-order valence-electron chi connectivity index (χ4n) is 4.15. The highest BCUT2D eigenvalue weighted by Crippen LogP contribution is 2.50. The Morgan fingerprint density at radius 2 is 2.42 bits per heavy atom. The number of carboxylic acids is 1. The Labute approximate surface area is 139 Å². The largest absolute Gasteiger partial charge is 0.481 e. The second kappa shape index (κ2) is 5.66. The first-order chi connectivity index (χ1) is 11.6. The van der Waals surface area contributed by atoms with Gasteiger partial charge < -0.3 is 9.63 Å². The van der Waals surface area contributed by atoms with Crippen LogP contribution in [0, 0.1) is 11.3 Å². The van der Waals surface area contributed by atoms with Crippen LogP contribution in [0.2, 0.25) is 0 Å². The smallest absolute Gasteiger partial charge is 0.311 e. The SMILES string of the molecule is CC(c1nc(-c2cccnc2)no1)N1C[C@@H]2CCC[C@@]2(C(=O)O)C1. The molecule has 0 aromatic carbocycles. The molecule has 1 saturated carbocycles. The van der Waals surface area contributed by atoms with Gasteiger partial charge in [-0.2, -0.15) is 4.98 Å². The van der Waals surface area contributed by atoms with Gasteiger partial charge in [0.05, 0.1) is 11.5 Å². The molecule has 24 heavy (non-hydrogen) atoms. The molecule has 0 radical (unpaired) electrons. The van der Waals surface area contributed by atoms with Gasteiger partial charge in [0.2, 0.25) is 11.7 Å². The summed E-state index contributed by atoms with van der Waals surface area (Å²) in [5, 5.41) is 13.7. The zero-order chi connectivity index (χ0) is 16.7. The first-order valence-electron chi connectivity index (χ1n) is 8.31. The van der Waals surface area contributed by atoms with E-state index >= 15 is 0 Å². The van der Waals surface area contributed by atoms with E-state index in [9.17, 15) is 9.90 Å². The van der Waals surface area contributed by atoms with Crippen LogP contribution in [-0.4, -0.2) is 44.2 Å². The van der Waals surface area contributed by atoms with Crippen molar-refractivity contribution in [1.29, 1.82) is 0 Å². The fraction of sp³-hybridized carbons (Fsp3) is 0.529.